The van der Waals surface area contributed by atoms with E-state index in [4.69, 9.17) is 32.2 Å². The van der Waals surface area contributed by atoms with E-state index in [-0.39, 0.29) is 0 Å². The number of hydrogen-bond acceptors (Lipinski definition) is 4. The standard InChI is InChI=1S/C14H21NO3S/c1-11-4-5-12(14(15)19)10-13(11)18-9-8-17-7-3-6-16-2/h4-5,10H,3,6-9H2,1-2H3,(H2,15,19). The van der Waals surface area contributed by atoms with Crippen molar-refractivity contribution in [1.29, 1.82) is 0 Å². The van der Waals surface area contributed by atoms with Gasteiger partial charge in [0.1, 0.15) is 17.3 Å². The highest BCUT2D eigenvalue weighted by atomic mass is 32.1. The van der Waals surface area contributed by atoms with Crippen LogP contribution in [0.5, 0.6) is 5.75 Å². The van der Waals surface area contributed by atoms with Crippen molar-refractivity contribution in [3.63, 3.8) is 0 Å². The van der Waals surface area contributed by atoms with Crippen LogP contribution in [0.2, 0.25) is 0 Å². The van der Waals surface area contributed by atoms with Crippen molar-refractivity contribution < 1.29 is 14.2 Å². The van der Waals surface area contributed by atoms with Crippen molar-refractivity contribution in [2.24, 2.45) is 5.73 Å². The van der Waals surface area contributed by atoms with Crippen molar-refractivity contribution >= 4 is 17.2 Å². The number of rotatable bonds is 9. The minimum absolute atomic E-state index is 0.376. The minimum Gasteiger partial charge on any atom is -0.491 e. The molecular weight excluding hydrogens is 262 g/mol. The Morgan fingerprint density at radius 1 is 1.21 bits per heavy atom. The molecule has 0 aromatic heterocycles. The Balaban J connectivity index is 2.32. The number of thiocarbonyl (C=S) groups is 1. The molecule has 4 nitrogen and oxygen atoms in total. The molecule has 19 heavy (non-hydrogen) atoms. The Morgan fingerprint density at radius 2 is 2.00 bits per heavy atom. The summed E-state index contributed by atoms with van der Waals surface area (Å²) in [6, 6.07) is 5.71. The molecule has 1 rings (SSSR count). The first-order valence-electron chi connectivity index (χ1n) is 6.25. The number of hydrogen-bond donors (Lipinski definition) is 1. The van der Waals surface area contributed by atoms with Crippen LogP contribution >= 0.6 is 12.2 Å². The fraction of sp³-hybridized carbons (Fsp3) is 0.500. The predicted molar refractivity (Wildman–Crippen MR) is 79.9 cm³/mol. The Morgan fingerprint density at radius 3 is 2.68 bits per heavy atom. The number of ether oxygens (including phenoxy) is 3. The molecule has 0 heterocycles. The maximum Gasteiger partial charge on any atom is 0.123 e. The molecule has 0 saturated carbocycles. The molecule has 1 aromatic rings. The first-order valence-corrected chi connectivity index (χ1v) is 6.66. The van der Waals surface area contributed by atoms with Crippen LogP contribution in [0, 0.1) is 6.92 Å². The van der Waals surface area contributed by atoms with Crippen LogP contribution in [0.4, 0.5) is 0 Å². The molecule has 0 atom stereocenters. The summed E-state index contributed by atoms with van der Waals surface area (Å²) in [6.45, 7) is 4.45. The van der Waals surface area contributed by atoms with E-state index in [2.05, 4.69) is 0 Å². The number of nitrogens with two attached hydrogens (primary N) is 1. The summed E-state index contributed by atoms with van der Waals surface area (Å²) in [5.41, 5.74) is 7.47. The molecule has 0 spiro atoms. The highest BCUT2D eigenvalue weighted by Gasteiger charge is 2.03. The Hall–Kier alpha value is -1.17. The average molecular weight is 283 g/mol. The number of benzene rings is 1. The second-order valence-electron chi connectivity index (χ2n) is 4.15. The molecule has 5 heteroatoms. The number of methoxy groups -OCH3 is 1. The van der Waals surface area contributed by atoms with Crippen molar-refractivity contribution in [2.75, 3.05) is 33.5 Å². The highest BCUT2D eigenvalue weighted by molar-refractivity contribution is 7.80. The summed E-state index contributed by atoms with van der Waals surface area (Å²) < 4.78 is 16.0. The minimum atomic E-state index is 0.376. The van der Waals surface area contributed by atoms with Gasteiger partial charge in [-0.2, -0.15) is 0 Å². The van der Waals surface area contributed by atoms with Crippen LogP contribution in [-0.4, -0.2) is 38.5 Å². The lowest BCUT2D eigenvalue weighted by atomic mass is 10.1. The molecule has 0 aliphatic heterocycles. The fourth-order valence-electron chi connectivity index (χ4n) is 1.53. The van der Waals surface area contributed by atoms with Gasteiger partial charge in [0.2, 0.25) is 0 Å². The lowest BCUT2D eigenvalue weighted by Gasteiger charge is -2.11. The molecule has 106 valence electrons. The lowest BCUT2D eigenvalue weighted by molar-refractivity contribution is 0.0805. The molecule has 1 aromatic carbocycles. The van der Waals surface area contributed by atoms with E-state index < -0.39 is 0 Å². The SMILES string of the molecule is COCCCOCCOc1cc(C(N)=S)ccc1C. The third-order valence-electron chi connectivity index (χ3n) is 2.60. The molecule has 0 aliphatic rings. The van der Waals surface area contributed by atoms with Crippen LogP contribution < -0.4 is 10.5 Å². The average Bonchev–Trinajstić information content (AvgIpc) is 2.39. The summed E-state index contributed by atoms with van der Waals surface area (Å²) in [6.07, 6.45) is 0.895. The van der Waals surface area contributed by atoms with E-state index >= 15 is 0 Å². The van der Waals surface area contributed by atoms with Gasteiger partial charge in [0, 0.05) is 25.9 Å². The monoisotopic (exact) mass is 283 g/mol. The van der Waals surface area contributed by atoms with E-state index in [1.807, 2.05) is 25.1 Å². The van der Waals surface area contributed by atoms with Gasteiger partial charge in [0.25, 0.3) is 0 Å². The summed E-state index contributed by atoms with van der Waals surface area (Å²) in [5, 5.41) is 0. The Labute approximate surface area is 119 Å². The van der Waals surface area contributed by atoms with Crippen molar-refractivity contribution in [3.8, 4) is 5.75 Å². The molecule has 0 unspecified atom stereocenters. The zero-order chi connectivity index (χ0) is 14.1. The normalized spacial score (nSPS) is 10.4. The van der Waals surface area contributed by atoms with Crippen molar-refractivity contribution in [2.45, 2.75) is 13.3 Å². The van der Waals surface area contributed by atoms with Gasteiger partial charge in [0.15, 0.2) is 0 Å². The Kier molecular flexibility index (Phi) is 7.40. The quantitative estimate of drug-likeness (QED) is 0.555. The summed E-state index contributed by atoms with van der Waals surface area (Å²) in [4.78, 5) is 0.376. The van der Waals surface area contributed by atoms with Gasteiger partial charge in [-0.05, 0) is 25.0 Å². The second-order valence-corrected chi connectivity index (χ2v) is 4.59. The van der Waals surface area contributed by atoms with Gasteiger partial charge < -0.3 is 19.9 Å². The van der Waals surface area contributed by atoms with E-state index in [0.717, 1.165) is 29.9 Å². The zero-order valence-electron chi connectivity index (χ0n) is 11.5. The summed E-state index contributed by atoms with van der Waals surface area (Å²) in [7, 11) is 1.68. The van der Waals surface area contributed by atoms with E-state index in [9.17, 15) is 0 Å². The second kappa shape index (κ2) is 8.85. The van der Waals surface area contributed by atoms with Gasteiger partial charge in [-0.3, -0.25) is 0 Å². The van der Waals surface area contributed by atoms with Crippen LogP contribution in [-0.2, 0) is 9.47 Å². The third-order valence-corrected chi connectivity index (χ3v) is 2.83. The van der Waals surface area contributed by atoms with Crippen molar-refractivity contribution in [1.82, 2.24) is 0 Å². The van der Waals surface area contributed by atoms with Gasteiger partial charge in [-0.1, -0.05) is 24.4 Å². The topological polar surface area (TPSA) is 53.7 Å². The van der Waals surface area contributed by atoms with Crippen LogP contribution in [0.25, 0.3) is 0 Å². The molecule has 0 bridgehead atoms. The van der Waals surface area contributed by atoms with Crippen molar-refractivity contribution in [3.05, 3.63) is 29.3 Å². The van der Waals surface area contributed by atoms with Crippen LogP contribution in [0.1, 0.15) is 17.5 Å². The maximum absolute atomic E-state index is 5.66. The maximum atomic E-state index is 5.66. The van der Waals surface area contributed by atoms with Crippen LogP contribution in [0.15, 0.2) is 18.2 Å². The summed E-state index contributed by atoms with van der Waals surface area (Å²) in [5.74, 6) is 0.797. The van der Waals surface area contributed by atoms with Gasteiger partial charge >= 0.3 is 0 Å². The molecule has 2 N–H and O–H groups in total. The fourth-order valence-corrected chi connectivity index (χ4v) is 1.65. The Bertz CT molecular complexity index is 410. The van der Waals surface area contributed by atoms with Gasteiger partial charge in [-0.25, -0.2) is 0 Å². The molecule has 0 saturated heterocycles. The third kappa shape index (κ3) is 6.00. The highest BCUT2D eigenvalue weighted by Crippen LogP contribution is 2.19. The molecule has 0 radical (unpaired) electrons. The first kappa shape index (κ1) is 15.9. The summed E-state index contributed by atoms with van der Waals surface area (Å²) >= 11 is 4.95. The predicted octanol–water partition coefficient (Wildman–Crippen LogP) is 2.06. The smallest absolute Gasteiger partial charge is 0.123 e. The molecule has 0 amide bonds. The zero-order valence-corrected chi connectivity index (χ0v) is 12.3. The van der Waals surface area contributed by atoms with E-state index in [1.165, 1.54) is 0 Å². The van der Waals surface area contributed by atoms with Gasteiger partial charge in [-0.15, -0.1) is 0 Å². The molecule has 0 fully saturated rings. The molecular formula is C14H21NO3S. The molecule has 0 aliphatic carbocycles. The van der Waals surface area contributed by atoms with E-state index in [0.29, 0.717) is 24.8 Å². The lowest BCUT2D eigenvalue weighted by Crippen LogP contribution is -2.11. The van der Waals surface area contributed by atoms with Gasteiger partial charge in [0.05, 0.1) is 6.61 Å². The number of aryl methyl sites for hydroxylation is 1. The largest absolute Gasteiger partial charge is 0.491 e. The van der Waals surface area contributed by atoms with E-state index in [1.54, 1.807) is 7.11 Å². The first-order chi connectivity index (χ1) is 9.15. The van der Waals surface area contributed by atoms with Crippen LogP contribution in [0.3, 0.4) is 0 Å².